The summed E-state index contributed by atoms with van der Waals surface area (Å²) in [6.45, 7) is 4.31. The molecule has 1 atom stereocenters. The molecule has 1 aromatic rings. The minimum Gasteiger partial charge on any atom is -0.368 e. The Morgan fingerprint density at radius 1 is 1.56 bits per heavy atom. The lowest BCUT2D eigenvalue weighted by Crippen LogP contribution is -2.44. The van der Waals surface area contributed by atoms with Crippen LogP contribution in [0.3, 0.4) is 0 Å². The molecule has 2 heterocycles. The van der Waals surface area contributed by atoms with Gasteiger partial charge in [0.05, 0.1) is 13.0 Å². The van der Waals surface area contributed by atoms with Crippen LogP contribution in [0.15, 0.2) is 18.3 Å². The average molecular weight is 248 g/mol. The van der Waals surface area contributed by atoms with Crippen LogP contribution in [0, 0.1) is 0 Å². The van der Waals surface area contributed by atoms with Gasteiger partial charge in [0, 0.05) is 25.0 Å². The van der Waals surface area contributed by atoms with Gasteiger partial charge in [-0.05, 0) is 25.1 Å². The van der Waals surface area contributed by atoms with Gasteiger partial charge in [0.25, 0.3) is 0 Å². The quantitative estimate of drug-likeness (QED) is 0.800. The molecule has 18 heavy (non-hydrogen) atoms. The lowest BCUT2D eigenvalue weighted by Gasteiger charge is -2.28. The maximum atomic E-state index is 12.1. The maximum Gasteiger partial charge on any atom is 0.168 e. The Bertz CT molecular complexity index is 403. The van der Waals surface area contributed by atoms with Crippen LogP contribution < -0.4 is 0 Å². The first kappa shape index (κ1) is 13.2. The van der Waals surface area contributed by atoms with E-state index >= 15 is 0 Å². The zero-order valence-electron chi connectivity index (χ0n) is 11.1. The number of ketones is 1. The van der Waals surface area contributed by atoms with Crippen molar-refractivity contribution in [1.82, 2.24) is 9.88 Å². The van der Waals surface area contributed by atoms with Crippen LogP contribution >= 0.6 is 0 Å². The third-order valence-corrected chi connectivity index (χ3v) is 3.28. The Morgan fingerprint density at radius 2 is 2.39 bits per heavy atom. The summed E-state index contributed by atoms with van der Waals surface area (Å²) < 4.78 is 5.51. The SMILES string of the molecule is CCc1ccc(CC(=O)C2CN(C)CCO2)nc1. The highest BCUT2D eigenvalue weighted by molar-refractivity contribution is 5.85. The molecule has 1 aliphatic heterocycles. The Morgan fingerprint density at radius 3 is 3.00 bits per heavy atom. The average Bonchev–Trinajstić information content (AvgIpc) is 2.39. The maximum absolute atomic E-state index is 12.1. The van der Waals surface area contributed by atoms with Gasteiger partial charge in [-0.3, -0.25) is 9.78 Å². The molecular weight excluding hydrogens is 228 g/mol. The van der Waals surface area contributed by atoms with Crippen LogP contribution in [-0.4, -0.2) is 48.5 Å². The van der Waals surface area contributed by atoms with Gasteiger partial charge in [-0.15, -0.1) is 0 Å². The van der Waals surface area contributed by atoms with Crippen molar-refractivity contribution in [2.24, 2.45) is 0 Å². The highest BCUT2D eigenvalue weighted by Gasteiger charge is 2.24. The lowest BCUT2D eigenvalue weighted by molar-refractivity contribution is -0.134. The van der Waals surface area contributed by atoms with E-state index in [-0.39, 0.29) is 11.9 Å². The van der Waals surface area contributed by atoms with Crippen molar-refractivity contribution < 1.29 is 9.53 Å². The molecule has 0 aromatic carbocycles. The van der Waals surface area contributed by atoms with Gasteiger partial charge in [-0.1, -0.05) is 13.0 Å². The Labute approximate surface area is 108 Å². The van der Waals surface area contributed by atoms with Gasteiger partial charge in [-0.25, -0.2) is 0 Å². The minimum absolute atomic E-state index is 0.123. The number of ether oxygens (including phenoxy) is 1. The summed E-state index contributed by atoms with van der Waals surface area (Å²) in [7, 11) is 2.01. The zero-order valence-corrected chi connectivity index (χ0v) is 11.1. The van der Waals surface area contributed by atoms with Gasteiger partial charge in [0.15, 0.2) is 5.78 Å². The van der Waals surface area contributed by atoms with Crippen LogP contribution in [0.1, 0.15) is 18.2 Å². The molecule has 1 aliphatic rings. The number of Topliss-reactive ketones (excluding diaryl/α,β-unsaturated/α-hetero) is 1. The van der Waals surface area contributed by atoms with Crippen LogP contribution in [-0.2, 0) is 22.4 Å². The molecule has 0 radical (unpaired) electrons. The second-order valence-electron chi connectivity index (χ2n) is 4.78. The van der Waals surface area contributed by atoms with E-state index in [1.54, 1.807) is 0 Å². The van der Waals surface area contributed by atoms with Crippen molar-refractivity contribution in [1.29, 1.82) is 0 Å². The third-order valence-electron chi connectivity index (χ3n) is 3.28. The summed E-state index contributed by atoms with van der Waals surface area (Å²) in [4.78, 5) is 18.5. The van der Waals surface area contributed by atoms with Crippen LogP contribution in [0.4, 0.5) is 0 Å². The Hall–Kier alpha value is -1.26. The van der Waals surface area contributed by atoms with Crippen LogP contribution in [0.5, 0.6) is 0 Å². The van der Waals surface area contributed by atoms with Gasteiger partial charge < -0.3 is 9.64 Å². The van der Waals surface area contributed by atoms with Crippen molar-refractivity contribution in [3.05, 3.63) is 29.6 Å². The number of nitrogens with zero attached hydrogens (tertiary/aromatic N) is 2. The van der Waals surface area contributed by atoms with Crippen molar-refractivity contribution in [3.8, 4) is 0 Å². The molecule has 0 bridgehead atoms. The second-order valence-corrected chi connectivity index (χ2v) is 4.78. The molecule has 2 rings (SSSR count). The lowest BCUT2D eigenvalue weighted by atomic mass is 10.1. The molecule has 1 aromatic heterocycles. The summed E-state index contributed by atoms with van der Waals surface area (Å²) in [6.07, 6.45) is 2.88. The van der Waals surface area contributed by atoms with Crippen LogP contribution in [0.25, 0.3) is 0 Å². The van der Waals surface area contributed by atoms with E-state index in [4.69, 9.17) is 4.74 Å². The molecule has 1 fully saturated rings. The number of carbonyl (C=O) groups excluding carboxylic acids is 1. The van der Waals surface area contributed by atoms with E-state index in [2.05, 4.69) is 16.8 Å². The molecule has 0 spiro atoms. The molecule has 0 amide bonds. The number of hydrogen-bond acceptors (Lipinski definition) is 4. The predicted molar refractivity (Wildman–Crippen MR) is 69.6 cm³/mol. The van der Waals surface area contributed by atoms with E-state index in [1.807, 2.05) is 25.4 Å². The smallest absolute Gasteiger partial charge is 0.168 e. The highest BCUT2D eigenvalue weighted by atomic mass is 16.5. The number of carbonyl (C=O) groups is 1. The van der Waals surface area contributed by atoms with Gasteiger partial charge in [0.1, 0.15) is 6.10 Å². The van der Waals surface area contributed by atoms with Crippen molar-refractivity contribution in [2.45, 2.75) is 25.9 Å². The molecule has 4 heteroatoms. The molecule has 4 nitrogen and oxygen atoms in total. The number of aryl methyl sites for hydroxylation is 1. The Kier molecular flexibility index (Phi) is 4.44. The van der Waals surface area contributed by atoms with Gasteiger partial charge in [-0.2, -0.15) is 0 Å². The normalized spacial score (nSPS) is 20.9. The fraction of sp³-hybridized carbons (Fsp3) is 0.571. The monoisotopic (exact) mass is 248 g/mol. The van der Waals surface area contributed by atoms with E-state index < -0.39 is 0 Å². The number of rotatable bonds is 4. The van der Waals surface area contributed by atoms with Crippen molar-refractivity contribution in [3.63, 3.8) is 0 Å². The van der Waals surface area contributed by atoms with Gasteiger partial charge in [0.2, 0.25) is 0 Å². The molecule has 98 valence electrons. The van der Waals surface area contributed by atoms with Crippen LogP contribution in [0.2, 0.25) is 0 Å². The number of likely N-dealkylation sites (N-methyl/N-ethyl adjacent to an activating group) is 1. The predicted octanol–water partition coefficient (Wildman–Crippen LogP) is 1.09. The third kappa shape index (κ3) is 3.37. The van der Waals surface area contributed by atoms with Gasteiger partial charge >= 0.3 is 0 Å². The fourth-order valence-electron chi connectivity index (χ4n) is 2.03. The Balaban J connectivity index is 1.93. The summed E-state index contributed by atoms with van der Waals surface area (Å²) in [6, 6.07) is 3.97. The number of morpholine rings is 1. The summed E-state index contributed by atoms with van der Waals surface area (Å²) in [5.74, 6) is 0.123. The molecule has 1 unspecified atom stereocenters. The van der Waals surface area contributed by atoms with Crippen molar-refractivity contribution in [2.75, 3.05) is 26.7 Å². The van der Waals surface area contributed by atoms with Crippen molar-refractivity contribution >= 4 is 5.78 Å². The number of aromatic nitrogens is 1. The van der Waals surface area contributed by atoms with E-state index in [9.17, 15) is 4.79 Å². The molecule has 0 saturated carbocycles. The highest BCUT2D eigenvalue weighted by Crippen LogP contribution is 2.08. The first-order valence-corrected chi connectivity index (χ1v) is 6.45. The fourth-order valence-corrected chi connectivity index (χ4v) is 2.03. The summed E-state index contributed by atoms with van der Waals surface area (Å²) in [5, 5.41) is 0. The molecule has 0 aliphatic carbocycles. The minimum atomic E-state index is -0.295. The number of hydrogen-bond donors (Lipinski definition) is 0. The molecule has 0 N–H and O–H groups in total. The molecule has 1 saturated heterocycles. The van der Waals surface area contributed by atoms with E-state index in [0.717, 1.165) is 18.7 Å². The second kappa shape index (κ2) is 6.07. The van der Waals surface area contributed by atoms with E-state index in [1.165, 1.54) is 5.56 Å². The summed E-state index contributed by atoms with van der Waals surface area (Å²) >= 11 is 0. The van der Waals surface area contributed by atoms with E-state index in [0.29, 0.717) is 19.6 Å². The first-order valence-electron chi connectivity index (χ1n) is 6.45. The number of pyridine rings is 1. The molecular formula is C14H20N2O2. The summed E-state index contributed by atoms with van der Waals surface area (Å²) in [5.41, 5.74) is 2.02. The first-order chi connectivity index (χ1) is 8.69. The zero-order chi connectivity index (χ0) is 13.0. The largest absolute Gasteiger partial charge is 0.368 e. The standard InChI is InChI=1S/C14H20N2O2/c1-3-11-4-5-12(15-9-11)8-13(17)14-10-16(2)6-7-18-14/h4-5,9,14H,3,6-8,10H2,1-2H3. The topological polar surface area (TPSA) is 42.4 Å².